The molecule has 0 unspecified atom stereocenters. The molecule has 1 aliphatic heterocycles. The van der Waals surface area contributed by atoms with E-state index >= 15 is 0 Å². The molecule has 1 heterocycles. The van der Waals surface area contributed by atoms with Crippen LogP contribution in [0.1, 0.15) is 40.5 Å². The van der Waals surface area contributed by atoms with E-state index in [0.29, 0.717) is 32.1 Å². The molecule has 164 valence electrons. The number of hydrogen-bond acceptors (Lipinski definition) is 4. The summed E-state index contributed by atoms with van der Waals surface area (Å²) in [5.41, 5.74) is -0.495. The first-order chi connectivity index (χ1) is 13.0. The predicted octanol–water partition coefficient (Wildman–Crippen LogP) is 2.44. The van der Waals surface area contributed by atoms with Gasteiger partial charge in [0.25, 0.3) is 0 Å². The molecule has 0 aromatic carbocycles. The summed E-state index contributed by atoms with van der Waals surface area (Å²) < 4.78 is 42.1. The molecule has 1 amide bonds. The lowest BCUT2D eigenvalue weighted by Crippen LogP contribution is -2.50. The van der Waals surface area contributed by atoms with E-state index in [-0.39, 0.29) is 12.6 Å². The minimum atomic E-state index is -4.17. The highest BCUT2D eigenvalue weighted by Gasteiger charge is 2.27. The van der Waals surface area contributed by atoms with Crippen molar-refractivity contribution in [2.75, 3.05) is 52.4 Å². The van der Waals surface area contributed by atoms with Crippen LogP contribution in [0.5, 0.6) is 0 Å². The first-order valence-electron chi connectivity index (χ1n) is 9.79. The van der Waals surface area contributed by atoms with Gasteiger partial charge in [-0.2, -0.15) is 13.2 Å². The fourth-order valence-corrected chi connectivity index (χ4v) is 2.63. The van der Waals surface area contributed by atoms with Crippen LogP contribution in [0.2, 0.25) is 0 Å². The van der Waals surface area contributed by atoms with Crippen LogP contribution in [0.4, 0.5) is 18.0 Å². The molecule has 0 aromatic rings. The Bertz CT molecular complexity index is 498. The highest BCUT2D eigenvalue weighted by Crippen LogP contribution is 2.18. The van der Waals surface area contributed by atoms with Crippen molar-refractivity contribution in [2.24, 2.45) is 4.99 Å². The summed E-state index contributed by atoms with van der Waals surface area (Å²) >= 11 is 0. The molecule has 0 saturated carbocycles. The van der Waals surface area contributed by atoms with Gasteiger partial charge in [0, 0.05) is 52.4 Å². The molecule has 0 atom stereocenters. The largest absolute Gasteiger partial charge is 0.444 e. The molecule has 1 fully saturated rings. The molecule has 0 bridgehead atoms. The summed E-state index contributed by atoms with van der Waals surface area (Å²) in [5.74, 6) is 0.404. The maximum absolute atomic E-state index is 12.2. The smallest absolute Gasteiger partial charge is 0.410 e. The molecule has 0 spiro atoms. The van der Waals surface area contributed by atoms with Crippen molar-refractivity contribution in [2.45, 2.75) is 52.3 Å². The third-order valence-electron chi connectivity index (χ3n) is 3.97. The Labute approximate surface area is 165 Å². The van der Waals surface area contributed by atoms with Gasteiger partial charge in [0.2, 0.25) is 0 Å². The summed E-state index contributed by atoms with van der Waals surface area (Å²) in [6, 6.07) is 0. The maximum Gasteiger partial charge on any atom is 0.410 e. The fourth-order valence-electron chi connectivity index (χ4n) is 2.63. The SMILES string of the molecule is CCNC(=NCCCN1CCN(C(=O)OC(C)(C)C)CC1)NCCC(F)(F)F. The van der Waals surface area contributed by atoms with Crippen molar-refractivity contribution in [3.8, 4) is 0 Å². The zero-order valence-electron chi connectivity index (χ0n) is 17.4. The van der Waals surface area contributed by atoms with Crippen molar-refractivity contribution < 1.29 is 22.7 Å². The summed E-state index contributed by atoms with van der Waals surface area (Å²) in [7, 11) is 0. The van der Waals surface area contributed by atoms with Crippen molar-refractivity contribution >= 4 is 12.1 Å². The van der Waals surface area contributed by atoms with Crippen LogP contribution in [0.15, 0.2) is 4.99 Å². The third kappa shape index (κ3) is 11.2. The first kappa shape index (κ1) is 24.3. The minimum Gasteiger partial charge on any atom is -0.444 e. The van der Waals surface area contributed by atoms with E-state index in [1.807, 2.05) is 27.7 Å². The number of carbonyl (C=O) groups is 1. The molecule has 2 N–H and O–H groups in total. The first-order valence-corrected chi connectivity index (χ1v) is 9.79. The summed E-state index contributed by atoms with van der Waals surface area (Å²) in [5, 5.41) is 5.64. The van der Waals surface area contributed by atoms with Gasteiger partial charge in [0.05, 0.1) is 6.42 Å². The number of ether oxygens (including phenoxy) is 1. The summed E-state index contributed by atoms with van der Waals surface area (Å²) in [6.07, 6.45) is -4.55. The lowest BCUT2D eigenvalue weighted by Gasteiger charge is -2.35. The highest BCUT2D eigenvalue weighted by molar-refractivity contribution is 5.79. The van der Waals surface area contributed by atoms with Crippen LogP contribution in [-0.2, 0) is 4.74 Å². The second-order valence-corrected chi connectivity index (χ2v) is 7.72. The van der Waals surface area contributed by atoms with Gasteiger partial charge >= 0.3 is 12.3 Å². The van der Waals surface area contributed by atoms with E-state index < -0.39 is 18.2 Å². The molecule has 0 aliphatic carbocycles. The van der Waals surface area contributed by atoms with Gasteiger partial charge in [-0.05, 0) is 34.1 Å². The molecule has 0 radical (unpaired) electrons. The van der Waals surface area contributed by atoms with Gasteiger partial charge in [-0.1, -0.05) is 0 Å². The van der Waals surface area contributed by atoms with E-state index in [1.165, 1.54) is 0 Å². The van der Waals surface area contributed by atoms with Gasteiger partial charge in [0.15, 0.2) is 5.96 Å². The van der Waals surface area contributed by atoms with Gasteiger partial charge in [-0.3, -0.25) is 9.89 Å². The molecular weight excluding hydrogens is 375 g/mol. The average molecular weight is 409 g/mol. The Morgan fingerprint density at radius 3 is 2.29 bits per heavy atom. The summed E-state index contributed by atoms with van der Waals surface area (Å²) in [6.45, 7) is 11.9. The summed E-state index contributed by atoms with van der Waals surface area (Å²) in [4.78, 5) is 20.3. The van der Waals surface area contributed by atoms with Gasteiger partial charge < -0.3 is 20.3 Å². The Hall–Kier alpha value is -1.71. The number of piperazine rings is 1. The standard InChI is InChI=1S/C18H34F3N5O2/c1-5-22-15(24-9-7-18(19,20)21)23-8-6-10-25-11-13-26(14-12-25)16(27)28-17(2,3)4/h5-14H2,1-4H3,(H2,22,23,24). The normalized spacial score (nSPS) is 16.8. The number of hydrogen-bond donors (Lipinski definition) is 2. The fraction of sp³-hybridized carbons (Fsp3) is 0.889. The second-order valence-electron chi connectivity index (χ2n) is 7.72. The number of halogens is 3. The highest BCUT2D eigenvalue weighted by atomic mass is 19.4. The number of amides is 1. The van der Waals surface area contributed by atoms with Crippen LogP contribution in [0, 0.1) is 0 Å². The monoisotopic (exact) mass is 409 g/mol. The minimum absolute atomic E-state index is 0.193. The molecule has 0 aromatic heterocycles. The zero-order chi connectivity index (χ0) is 21.2. The van der Waals surface area contributed by atoms with Crippen LogP contribution in [0.3, 0.4) is 0 Å². The number of guanidine groups is 1. The van der Waals surface area contributed by atoms with Crippen molar-refractivity contribution in [1.29, 1.82) is 0 Å². The van der Waals surface area contributed by atoms with Crippen molar-refractivity contribution in [3.05, 3.63) is 0 Å². The predicted molar refractivity (Wildman–Crippen MR) is 104 cm³/mol. The van der Waals surface area contributed by atoms with E-state index in [2.05, 4.69) is 20.5 Å². The third-order valence-corrected chi connectivity index (χ3v) is 3.97. The molecule has 1 saturated heterocycles. The van der Waals surface area contributed by atoms with Crippen molar-refractivity contribution in [3.63, 3.8) is 0 Å². The van der Waals surface area contributed by atoms with Crippen molar-refractivity contribution in [1.82, 2.24) is 20.4 Å². The molecule has 10 heteroatoms. The number of nitrogens with zero attached hydrogens (tertiary/aromatic N) is 3. The van der Waals surface area contributed by atoms with Gasteiger partial charge in [-0.15, -0.1) is 0 Å². The molecule has 28 heavy (non-hydrogen) atoms. The Balaban J connectivity index is 2.27. The Morgan fingerprint density at radius 2 is 1.75 bits per heavy atom. The van der Waals surface area contributed by atoms with Crippen LogP contribution < -0.4 is 10.6 Å². The second kappa shape index (κ2) is 11.3. The van der Waals surface area contributed by atoms with Gasteiger partial charge in [0.1, 0.15) is 5.60 Å². The Morgan fingerprint density at radius 1 is 1.11 bits per heavy atom. The molecule has 1 rings (SSSR count). The van der Waals surface area contributed by atoms with E-state index in [0.717, 1.165) is 26.1 Å². The quantitative estimate of drug-likeness (QED) is 0.384. The number of rotatable bonds is 7. The average Bonchev–Trinajstić information content (AvgIpc) is 2.56. The molecular formula is C18H34F3N5O2. The van der Waals surface area contributed by atoms with Crippen LogP contribution in [-0.4, -0.2) is 86.0 Å². The number of alkyl halides is 3. The topological polar surface area (TPSA) is 69.2 Å². The van der Waals surface area contributed by atoms with Crippen LogP contribution >= 0.6 is 0 Å². The molecule has 7 nitrogen and oxygen atoms in total. The van der Waals surface area contributed by atoms with E-state index in [4.69, 9.17) is 4.74 Å². The van der Waals surface area contributed by atoms with E-state index in [1.54, 1.807) is 4.90 Å². The maximum atomic E-state index is 12.2. The van der Waals surface area contributed by atoms with E-state index in [9.17, 15) is 18.0 Å². The lowest BCUT2D eigenvalue weighted by molar-refractivity contribution is -0.132. The van der Waals surface area contributed by atoms with Crippen LogP contribution in [0.25, 0.3) is 0 Å². The number of nitrogens with one attached hydrogen (secondary N) is 2. The Kier molecular flexibility index (Phi) is 9.84. The molecule has 1 aliphatic rings. The zero-order valence-corrected chi connectivity index (χ0v) is 17.4. The van der Waals surface area contributed by atoms with Gasteiger partial charge in [-0.25, -0.2) is 4.79 Å². The lowest BCUT2D eigenvalue weighted by atomic mass is 10.2. The number of carbonyl (C=O) groups excluding carboxylic acids is 1. The number of aliphatic imine (C=N–C) groups is 1.